The summed E-state index contributed by atoms with van der Waals surface area (Å²) in [4.78, 5) is 0. The second-order valence-electron chi connectivity index (χ2n) is 5.60. The van der Waals surface area contributed by atoms with Gasteiger partial charge in [-0.1, -0.05) is 18.2 Å². The van der Waals surface area contributed by atoms with E-state index in [0.29, 0.717) is 25.1 Å². The first-order chi connectivity index (χ1) is 12.4. The van der Waals surface area contributed by atoms with Crippen LogP contribution in [0.15, 0.2) is 36.4 Å². The second kappa shape index (κ2) is 8.80. The van der Waals surface area contributed by atoms with Gasteiger partial charge in [-0.3, -0.25) is 0 Å². The third-order valence-corrected chi connectivity index (χ3v) is 3.99. The van der Waals surface area contributed by atoms with Gasteiger partial charge in [0.15, 0.2) is 0 Å². The van der Waals surface area contributed by atoms with Crippen LogP contribution in [-0.2, 0) is 19.1 Å². The van der Waals surface area contributed by atoms with E-state index in [2.05, 4.69) is 5.32 Å². The topological polar surface area (TPSA) is 39.7 Å². The Balaban J connectivity index is 2.07. The van der Waals surface area contributed by atoms with Crippen LogP contribution in [-0.4, -0.2) is 27.9 Å². The number of rotatable bonds is 8. The van der Waals surface area contributed by atoms with Crippen molar-refractivity contribution in [3.05, 3.63) is 53.1 Å². The number of ether oxygens (including phenoxy) is 3. The lowest BCUT2D eigenvalue weighted by molar-refractivity contribution is -0.138. The quantitative estimate of drug-likeness (QED) is 0.714. The largest absolute Gasteiger partial charge is 0.496 e. The molecule has 2 aromatic carbocycles. The van der Waals surface area contributed by atoms with Gasteiger partial charge < -0.3 is 19.5 Å². The number of hydrogen-bond acceptors (Lipinski definition) is 4. The average molecular weight is 368 g/mol. The Hall–Kier alpha value is -2.41. The lowest BCUT2D eigenvalue weighted by Crippen LogP contribution is -2.18. The van der Waals surface area contributed by atoms with Crippen molar-refractivity contribution < 1.29 is 27.4 Å². The van der Waals surface area contributed by atoms with Crippen molar-refractivity contribution in [1.29, 1.82) is 0 Å². The zero-order valence-electron chi connectivity index (χ0n) is 14.9. The lowest BCUT2D eigenvalue weighted by atomic mass is 10.1. The van der Waals surface area contributed by atoms with Gasteiger partial charge in [-0.15, -0.1) is 0 Å². The van der Waals surface area contributed by atoms with Crippen LogP contribution in [0, 0.1) is 0 Å². The van der Waals surface area contributed by atoms with Crippen molar-refractivity contribution in [1.82, 2.24) is 5.32 Å². The van der Waals surface area contributed by atoms with Crippen LogP contribution >= 0.6 is 0 Å². The van der Waals surface area contributed by atoms with Gasteiger partial charge in [0.2, 0.25) is 0 Å². The van der Waals surface area contributed by atoms with E-state index >= 15 is 0 Å². The molecule has 26 heavy (non-hydrogen) atoms. The van der Waals surface area contributed by atoms with Crippen molar-refractivity contribution in [3.8, 4) is 17.2 Å². The molecule has 1 N–H and O–H groups in total. The molecule has 0 saturated heterocycles. The zero-order valence-corrected chi connectivity index (χ0v) is 14.9. The van der Waals surface area contributed by atoms with E-state index in [-0.39, 0.29) is 11.5 Å². The summed E-state index contributed by atoms with van der Waals surface area (Å²) in [7, 11) is 4.19. The summed E-state index contributed by atoms with van der Waals surface area (Å²) in [5.74, 6) is 0.768. The van der Waals surface area contributed by atoms with E-state index in [1.165, 1.54) is 20.3 Å². The van der Waals surface area contributed by atoms with Gasteiger partial charge in [0.1, 0.15) is 22.8 Å². The molecule has 0 aliphatic heterocycles. The molecule has 0 radical (unpaired) electrons. The number of para-hydroxylation sites is 1. The smallest absolute Gasteiger partial charge is 0.420 e. The first-order valence-electron chi connectivity index (χ1n) is 8.05. The maximum atomic E-state index is 13.1. The molecular weight excluding hydrogens is 346 g/mol. The third-order valence-electron chi connectivity index (χ3n) is 3.99. The van der Waals surface area contributed by atoms with E-state index in [1.807, 2.05) is 24.3 Å². The molecule has 2 rings (SSSR count). The molecule has 0 unspecified atom stereocenters. The highest BCUT2D eigenvalue weighted by Crippen LogP contribution is 2.40. The Labute approximate surface area is 150 Å². The van der Waals surface area contributed by atoms with Crippen LogP contribution in [0.4, 0.5) is 13.2 Å². The lowest BCUT2D eigenvalue weighted by Gasteiger charge is -2.17. The normalized spacial score (nSPS) is 11.3. The number of halogens is 3. The summed E-state index contributed by atoms with van der Waals surface area (Å²) in [6.45, 7) is 1.15. The Morgan fingerprint density at radius 2 is 1.50 bits per heavy atom. The number of methoxy groups -OCH3 is 3. The highest BCUT2D eigenvalue weighted by Gasteiger charge is 2.35. The van der Waals surface area contributed by atoms with Crippen LogP contribution in [0.2, 0.25) is 0 Å². The predicted octanol–water partition coefficient (Wildman–Crippen LogP) is 4.06. The minimum Gasteiger partial charge on any atom is -0.496 e. The molecule has 142 valence electrons. The molecule has 0 spiro atoms. The Bertz CT molecular complexity index is 732. The molecule has 0 heterocycles. The summed E-state index contributed by atoms with van der Waals surface area (Å²) < 4.78 is 54.6. The Kier molecular flexibility index (Phi) is 6.74. The molecule has 0 aliphatic carbocycles. The highest BCUT2D eigenvalue weighted by atomic mass is 19.4. The fourth-order valence-electron chi connectivity index (χ4n) is 2.67. The van der Waals surface area contributed by atoms with Gasteiger partial charge in [0, 0.05) is 12.1 Å². The van der Waals surface area contributed by atoms with E-state index in [1.54, 1.807) is 7.11 Å². The zero-order chi connectivity index (χ0) is 19.2. The van der Waals surface area contributed by atoms with E-state index < -0.39 is 11.7 Å². The summed E-state index contributed by atoms with van der Waals surface area (Å²) in [5, 5.41) is 3.26. The third kappa shape index (κ3) is 4.82. The number of hydrogen-bond donors (Lipinski definition) is 1. The van der Waals surface area contributed by atoms with Gasteiger partial charge in [-0.25, -0.2) is 0 Å². The summed E-state index contributed by atoms with van der Waals surface area (Å²) in [6.07, 6.45) is -4.01. The Morgan fingerprint density at radius 3 is 2.12 bits per heavy atom. The van der Waals surface area contributed by atoms with Crippen molar-refractivity contribution in [2.24, 2.45) is 0 Å². The number of alkyl halides is 3. The van der Waals surface area contributed by atoms with Gasteiger partial charge in [-0.05, 0) is 36.7 Å². The molecular formula is C19H22F3NO3. The van der Waals surface area contributed by atoms with E-state index in [0.717, 1.165) is 17.4 Å². The van der Waals surface area contributed by atoms with Crippen LogP contribution < -0.4 is 19.5 Å². The minimum absolute atomic E-state index is 0.192. The van der Waals surface area contributed by atoms with Crippen molar-refractivity contribution in [2.45, 2.75) is 19.1 Å². The molecule has 2 aromatic rings. The SMILES string of the molecule is COc1cc(C(F)(F)F)c(OC)cc1CCNCc1ccccc1O[11CH3]. The van der Waals surface area contributed by atoms with Gasteiger partial charge in [-0.2, -0.15) is 13.2 Å². The monoisotopic (exact) mass is 368 g/mol. The van der Waals surface area contributed by atoms with Crippen LogP contribution in [0.1, 0.15) is 16.7 Å². The summed E-state index contributed by atoms with van der Waals surface area (Å²) in [5.41, 5.74) is 0.805. The highest BCUT2D eigenvalue weighted by molar-refractivity contribution is 5.48. The molecule has 0 aliphatic rings. The molecule has 4 nitrogen and oxygen atoms in total. The van der Waals surface area contributed by atoms with Gasteiger partial charge >= 0.3 is 6.18 Å². The maximum absolute atomic E-state index is 13.1. The minimum atomic E-state index is -4.50. The van der Waals surface area contributed by atoms with Crippen LogP contribution in [0.3, 0.4) is 0 Å². The van der Waals surface area contributed by atoms with Crippen molar-refractivity contribution >= 4 is 0 Å². The molecule has 0 amide bonds. The Morgan fingerprint density at radius 1 is 0.846 bits per heavy atom. The van der Waals surface area contributed by atoms with Crippen molar-refractivity contribution in [3.63, 3.8) is 0 Å². The van der Waals surface area contributed by atoms with E-state index in [9.17, 15) is 13.2 Å². The predicted molar refractivity (Wildman–Crippen MR) is 93.0 cm³/mol. The second-order valence-corrected chi connectivity index (χ2v) is 5.60. The fourth-order valence-corrected chi connectivity index (χ4v) is 2.67. The summed E-state index contributed by atoms with van der Waals surface area (Å²) in [6, 6.07) is 10.0. The van der Waals surface area contributed by atoms with Crippen LogP contribution in [0.25, 0.3) is 0 Å². The van der Waals surface area contributed by atoms with Crippen LogP contribution in [0.5, 0.6) is 17.2 Å². The number of nitrogens with one attached hydrogen (secondary N) is 1. The van der Waals surface area contributed by atoms with Crippen molar-refractivity contribution in [2.75, 3.05) is 27.9 Å². The van der Waals surface area contributed by atoms with E-state index in [4.69, 9.17) is 14.2 Å². The number of benzene rings is 2. The fraction of sp³-hybridized carbons (Fsp3) is 0.368. The first-order valence-corrected chi connectivity index (χ1v) is 8.05. The molecule has 7 heteroatoms. The first kappa shape index (κ1) is 19.9. The molecule has 0 saturated carbocycles. The standard InChI is InChI=1S/C19H22F3NO3/c1-24-16-7-5-4-6-14(16)12-23-9-8-13-10-18(26-3)15(19(20,21)22)11-17(13)25-2/h4-7,10-11,23H,8-9,12H2,1-3H3/i1-1. The van der Waals surface area contributed by atoms with Gasteiger partial charge in [0.25, 0.3) is 0 Å². The average Bonchev–Trinajstić information content (AvgIpc) is 2.64. The van der Waals surface area contributed by atoms with Gasteiger partial charge in [0.05, 0.1) is 21.3 Å². The molecule has 0 aromatic heterocycles. The molecule has 0 atom stereocenters. The maximum Gasteiger partial charge on any atom is 0.420 e. The molecule has 0 bridgehead atoms. The molecule has 0 fully saturated rings. The summed E-state index contributed by atoms with van der Waals surface area (Å²) >= 11 is 0.